The fraction of sp³-hybridized carbons (Fsp3) is 0.538. The van der Waals surface area contributed by atoms with Gasteiger partial charge in [0.25, 0.3) is 0 Å². The summed E-state index contributed by atoms with van der Waals surface area (Å²) < 4.78 is 0. The van der Waals surface area contributed by atoms with Crippen LogP contribution in [0.15, 0.2) is 18.2 Å². The van der Waals surface area contributed by atoms with Crippen LogP contribution in [0.1, 0.15) is 32.3 Å². The van der Waals surface area contributed by atoms with Crippen LogP contribution >= 0.6 is 23.2 Å². The Morgan fingerprint density at radius 1 is 1.12 bits per heavy atom. The Morgan fingerprint density at radius 2 is 1.75 bits per heavy atom. The molecule has 0 bridgehead atoms. The number of hydrogen-bond donors (Lipinski definition) is 0. The zero-order valence-corrected chi connectivity index (χ0v) is 11.5. The molecule has 1 nitrogen and oxygen atoms in total. The minimum Gasteiger partial charge on any atom is -0.371 e. The van der Waals surface area contributed by atoms with Crippen molar-refractivity contribution in [3.05, 3.63) is 28.8 Å². The van der Waals surface area contributed by atoms with E-state index in [-0.39, 0.29) is 0 Å². The number of benzene rings is 1. The molecule has 0 aromatic heterocycles. The summed E-state index contributed by atoms with van der Waals surface area (Å²) in [6.07, 6.45) is 2.27. The second-order valence-electron chi connectivity index (χ2n) is 3.86. The van der Waals surface area contributed by atoms with Gasteiger partial charge in [-0.05, 0) is 25.0 Å². The van der Waals surface area contributed by atoms with Crippen LogP contribution in [-0.4, -0.2) is 13.1 Å². The maximum absolute atomic E-state index is 6.16. The smallest absolute Gasteiger partial charge is 0.0509 e. The summed E-state index contributed by atoms with van der Waals surface area (Å²) in [6.45, 7) is 6.48. The molecule has 1 rings (SSSR count). The highest BCUT2D eigenvalue weighted by molar-refractivity contribution is 6.32. The van der Waals surface area contributed by atoms with E-state index in [4.69, 9.17) is 23.2 Å². The Bertz CT molecular complexity index is 320. The van der Waals surface area contributed by atoms with Crippen LogP contribution in [0.5, 0.6) is 0 Å². The molecular weight excluding hydrogens is 241 g/mol. The fourth-order valence-corrected chi connectivity index (χ4v) is 2.45. The van der Waals surface area contributed by atoms with E-state index in [0.29, 0.717) is 5.88 Å². The van der Waals surface area contributed by atoms with Crippen LogP contribution in [0.3, 0.4) is 0 Å². The zero-order chi connectivity index (χ0) is 12.0. The SMILES string of the molecule is CCCN(CCC)c1cccc(Cl)c1CCl. The van der Waals surface area contributed by atoms with Crippen molar-refractivity contribution in [1.82, 2.24) is 0 Å². The highest BCUT2D eigenvalue weighted by atomic mass is 35.5. The van der Waals surface area contributed by atoms with E-state index in [1.807, 2.05) is 12.1 Å². The van der Waals surface area contributed by atoms with Gasteiger partial charge in [0.15, 0.2) is 0 Å². The summed E-state index contributed by atoms with van der Waals surface area (Å²) in [5, 5.41) is 0.768. The minimum atomic E-state index is 0.471. The first kappa shape index (κ1) is 13.7. The molecule has 0 N–H and O–H groups in total. The average molecular weight is 260 g/mol. The van der Waals surface area contributed by atoms with Crippen molar-refractivity contribution >= 4 is 28.9 Å². The first-order valence-corrected chi connectivity index (χ1v) is 6.74. The summed E-state index contributed by atoms with van der Waals surface area (Å²) in [7, 11) is 0. The molecule has 0 atom stereocenters. The third kappa shape index (κ3) is 3.29. The van der Waals surface area contributed by atoms with Gasteiger partial charge in [-0.2, -0.15) is 0 Å². The first-order chi connectivity index (χ1) is 7.74. The number of rotatable bonds is 6. The van der Waals surface area contributed by atoms with Crippen molar-refractivity contribution in [2.24, 2.45) is 0 Å². The van der Waals surface area contributed by atoms with E-state index in [9.17, 15) is 0 Å². The van der Waals surface area contributed by atoms with Crippen molar-refractivity contribution in [3.8, 4) is 0 Å². The molecule has 0 aliphatic heterocycles. The molecule has 90 valence electrons. The second-order valence-corrected chi connectivity index (χ2v) is 4.53. The lowest BCUT2D eigenvalue weighted by molar-refractivity contribution is 0.742. The lowest BCUT2D eigenvalue weighted by Crippen LogP contribution is -2.25. The van der Waals surface area contributed by atoms with Crippen molar-refractivity contribution < 1.29 is 0 Å². The van der Waals surface area contributed by atoms with E-state index in [0.717, 1.165) is 36.5 Å². The molecule has 0 aliphatic rings. The lowest BCUT2D eigenvalue weighted by Gasteiger charge is -2.26. The Balaban J connectivity index is 3.02. The Kier molecular flexibility index (Phi) is 6.00. The molecule has 16 heavy (non-hydrogen) atoms. The summed E-state index contributed by atoms with van der Waals surface area (Å²) >= 11 is 12.1. The van der Waals surface area contributed by atoms with Crippen LogP contribution in [-0.2, 0) is 5.88 Å². The van der Waals surface area contributed by atoms with Gasteiger partial charge in [0.05, 0.1) is 5.88 Å². The Morgan fingerprint density at radius 3 is 2.25 bits per heavy atom. The molecule has 0 radical (unpaired) electrons. The van der Waals surface area contributed by atoms with Gasteiger partial charge in [0.2, 0.25) is 0 Å². The van der Waals surface area contributed by atoms with Crippen LogP contribution in [0, 0.1) is 0 Å². The van der Waals surface area contributed by atoms with Crippen molar-refractivity contribution in [2.75, 3.05) is 18.0 Å². The van der Waals surface area contributed by atoms with Gasteiger partial charge in [-0.25, -0.2) is 0 Å². The lowest BCUT2D eigenvalue weighted by atomic mass is 10.1. The van der Waals surface area contributed by atoms with E-state index in [2.05, 4.69) is 24.8 Å². The standard InChI is InChI=1S/C13H19Cl2N/c1-3-8-16(9-4-2)13-7-5-6-12(15)11(13)10-14/h5-7H,3-4,8-10H2,1-2H3. The molecule has 1 aromatic carbocycles. The summed E-state index contributed by atoms with van der Waals surface area (Å²) in [5.41, 5.74) is 2.24. The van der Waals surface area contributed by atoms with Crippen molar-refractivity contribution in [3.63, 3.8) is 0 Å². The van der Waals surface area contributed by atoms with E-state index >= 15 is 0 Å². The highest BCUT2D eigenvalue weighted by Crippen LogP contribution is 2.29. The molecule has 3 heteroatoms. The predicted molar refractivity (Wildman–Crippen MR) is 73.8 cm³/mol. The topological polar surface area (TPSA) is 3.24 Å². The molecule has 0 unspecified atom stereocenters. The Hall–Kier alpha value is -0.400. The van der Waals surface area contributed by atoms with Crippen LogP contribution < -0.4 is 4.90 Å². The second kappa shape index (κ2) is 7.03. The van der Waals surface area contributed by atoms with Gasteiger partial charge in [-0.3, -0.25) is 0 Å². The molecule has 0 saturated heterocycles. The van der Waals surface area contributed by atoms with E-state index < -0.39 is 0 Å². The maximum atomic E-state index is 6.16. The number of alkyl halides is 1. The summed E-state index contributed by atoms with van der Waals surface area (Å²) in [4.78, 5) is 2.36. The fourth-order valence-electron chi connectivity index (χ4n) is 1.87. The monoisotopic (exact) mass is 259 g/mol. The highest BCUT2D eigenvalue weighted by Gasteiger charge is 2.11. The predicted octanol–water partition coefficient (Wildman–Crippen LogP) is 4.71. The summed E-state index contributed by atoms with van der Waals surface area (Å²) in [6, 6.07) is 6.00. The normalized spacial score (nSPS) is 10.5. The minimum absolute atomic E-state index is 0.471. The number of halogens is 2. The zero-order valence-electron chi connectivity index (χ0n) is 9.97. The maximum Gasteiger partial charge on any atom is 0.0509 e. The number of anilines is 1. The molecule has 0 heterocycles. The van der Waals surface area contributed by atoms with Gasteiger partial charge in [-0.15, -0.1) is 11.6 Å². The summed E-state index contributed by atoms with van der Waals surface area (Å²) in [5.74, 6) is 0.471. The Labute approximate surface area is 108 Å². The first-order valence-electron chi connectivity index (χ1n) is 5.82. The van der Waals surface area contributed by atoms with Gasteiger partial charge < -0.3 is 4.90 Å². The van der Waals surface area contributed by atoms with Crippen molar-refractivity contribution in [1.29, 1.82) is 0 Å². The third-order valence-corrected chi connectivity index (χ3v) is 3.18. The molecule has 0 fully saturated rings. The molecule has 0 saturated carbocycles. The van der Waals surface area contributed by atoms with Gasteiger partial charge in [0, 0.05) is 29.4 Å². The van der Waals surface area contributed by atoms with Crippen molar-refractivity contribution in [2.45, 2.75) is 32.6 Å². The largest absolute Gasteiger partial charge is 0.371 e. The average Bonchev–Trinajstić information content (AvgIpc) is 2.28. The molecule has 0 aliphatic carbocycles. The van der Waals surface area contributed by atoms with Crippen LogP contribution in [0.2, 0.25) is 5.02 Å². The van der Waals surface area contributed by atoms with Gasteiger partial charge in [0.1, 0.15) is 0 Å². The van der Waals surface area contributed by atoms with E-state index in [1.54, 1.807) is 0 Å². The quantitative estimate of drug-likeness (QED) is 0.670. The molecule has 0 spiro atoms. The van der Waals surface area contributed by atoms with Crippen LogP contribution in [0.25, 0.3) is 0 Å². The number of hydrogen-bond acceptors (Lipinski definition) is 1. The van der Waals surface area contributed by atoms with Gasteiger partial charge in [-0.1, -0.05) is 31.5 Å². The molecular formula is C13H19Cl2N. The van der Waals surface area contributed by atoms with E-state index in [1.165, 1.54) is 5.69 Å². The molecule has 1 aromatic rings. The van der Waals surface area contributed by atoms with Gasteiger partial charge >= 0.3 is 0 Å². The number of nitrogens with zero attached hydrogens (tertiary/aromatic N) is 1. The van der Waals surface area contributed by atoms with Crippen LogP contribution in [0.4, 0.5) is 5.69 Å². The third-order valence-electron chi connectivity index (χ3n) is 2.56. The molecule has 0 amide bonds.